The monoisotopic (exact) mass is 365 g/mol. The molecule has 0 saturated carbocycles. The standard InChI is InChI=1S/C18H19F2NO3.C2H6/c1-10-9-23-17(24-10)14-8-13(18(2,3)22)15(20)16(21-14)11-4-6-12(19)7-5-11;1-2/h4-8,10,17,22H,9H2,1-3H3;1-2H3/t10-,17?;/m0./s1. The lowest BCUT2D eigenvalue weighted by atomic mass is 9.95. The minimum atomic E-state index is -1.42. The van der Waals surface area contributed by atoms with Gasteiger partial charge in [-0.2, -0.15) is 0 Å². The molecule has 0 aliphatic carbocycles. The summed E-state index contributed by atoms with van der Waals surface area (Å²) in [6.07, 6.45) is -0.817. The lowest BCUT2D eigenvalue weighted by Crippen LogP contribution is -2.20. The van der Waals surface area contributed by atoms with Gasteiger partial charge < -0.3 is 14.6 Å². The first-order chi connectivity index (χ1) is 12.3. The summed E-state index contributed by atoms with van der Waals surface area (Å²) < 4.78 is 39.2. The van der Waals surface area contributed by atoms with E-state index in [-0.39, 0.29) is 17.4 Å². The molecule has 0 bridgehead atoms. The van der Waals surface area contributed by atoms with Gasteiger partial charge in [0.15, 0.2) is 5.82 Å². The van der Waals surface area contributed by atoms with Crippen molar-refractivity contribution < 1.29 is 23.4 Å². The number of hydrogen-bond acceptors (Lipinski definition) is 4. The highest BCUT2D eigenvalue weighted by atomic mass is 19.1. The third kappa shape index (κ3) is 4.44. The number of halogens is 2. The second-order valence-electron chi connectivity index (χ2n) is 6.44. The van der Waals surface area contributed by atoms with Crippen molar-refractivity contribution in [3.8, 4) is 11.3 Å². The van der Waals surface area contributed by atoms with Crippen LogP contribution in [0.3, 0.4) is 0 Å². The van der Waals surface area contributed by atoms with Crippen molar-refractivity contribution in [1.82, 2.24) is 4.98 Å². The van der Waals surface area contributed by atoms with E-state index in [1.165, 1.54) is 44.2 Å². The van der Waals surface area contributed by atoms with E-state index in [4.69, 9.17) is 9.47 Å². The highest BCUT2D eigenvalue weighted by Gasteiger charge is 2.31. The molecule has 1 unspecified atom stereocenters. The molecule has 4 nitrogen and oxygen atoms in total. The molecule has 6 heteroatoms. The van der Waals surface area contributed by atoms with Gasteiger partial charge in [0.2, 0.25) is 6.29 Å². The summed E-state index contributed by atoms with van der Waals surface area (Å²) in [5.74, 6) is -1.07. The van der Waals surface area contributed by atoms with Gasteiger partial charge in [-0.15, -0.1) is 0 Å². The van der Waals surface area contributed by atoms with E-state index in [0.717, 1.165) is 0 Å². The van der Waals surface area contributed by atoms with E-state index in [1.807, 2.05) is 20.8 Å². The smallest absolute Gasteiger partial charge is 0.201 e. The van der Waals surface area contributed by atoms with Gasteiger partial charge in [-0.25, -0.2) is 13.8 Å². The minimum Gasteiger partial charge on any atom is -0.386 e. The number of benzene rings is 1. The lowest BCUT2D eigenvalue weighted by molar-refractivity contribution is -0.0604. The van der Waals surface area contributed by atoms with Gasteiger partial charge in [0, 0.05) is 11.1 Å². The van der Waals surface area contributed by atoms with Crippen LogP contribution in [0.1, 0.15) is 52.2 Å². The third-order valence-corrected chi connectivity index (χ3v) is 3.83. The maximum Gasteiger partial charge on any atom is 0.201 e. The molecule has 0 amide bonds. The Kier molecular flexibility index (Phi) is 6.44. The molecule has 1 aromatic carbocycles. The Balaban J connectivity index is 0.00000117. The normalized spacial score (nSPS) is 19.8. The number of ether oxygens (including phenoxy) is 2. The number of hydrogen-bond donors (Lipinski definition) is 1. The highest BCUT2D eigenvalue weighted by molar-refractivity contribution is 5.61. The fraction of sp³-hybridized carbons (Fsp3) is 0.450. The molecule has 2 aromatic rings. The molecular formula is C20H25F2NO3. The van der Waals surface area contributed by atoms with Gasteiger partial charge in [0.1, 0.15) is 11.5 Å². The average molecular weight is 365 g/mol. The van der Waals surface area contributed by atoms with Gasteiger partial charge in [-0.1, -0.05) is 13.8 Å². The summed E-state index contributed by atoms with van der Waals surface area (Å²) in [4.78, 5) is 4.30. The van der Waals surface area contributed by atoms with Crippen LogP contribution in [0, 0.1) is 11.6 Å². The SMILES string of the molecule is CC.C[C@H]1COC(c2cc(C(C)(C)O)c(F)c(-c3ccc(F)cc3)n2)O1. The molecule has 0 radical (unpaired) electrons. The topological polar surface area (TPSA) is 51.6 Å². The van der Waals surface area contributed by atoms with Crippen LogP contribution >= 0.6 is 0 Å². The minimum absolute atomic E-state index is 0.0244. The Morgan fingerprint density at radius 3 is 2.27 bits per heavy atom. The van der Waals surface area contributed by atoms with E-state index in [9.17, 15) is 13.9 Å². The molecule has 1 N–H and O–H groups in total. The molecule has 1 aliphatic rings. The molecule has 1 saturated heterocycles. The van der Waals surface area contributed by atoms with Crippen molar-refractivity contribution in [3.63, 3.8) is 0 Å². The number of pyridine rings is 1. The van der Waals surface area contributed by atoms with E-state index in [0.29, 0.717) is 17.9 Å². The number of rotatable bonds is 3. The number of aromatic nitrogens is 1. The van der Waals surface area contributed by atoms with Crippen LogP contribution in [-0.4, -0.2) is 22.8 Å². The van der Waals surface area contributed by atoms with Gasteiger partial charge >= 0.3 is 0 Å². The Morgan fingerprint density at radius 1 is 1.15 bits per heavy atom. The Morgan fingerprint density at radius 2 is 1.77 bits per heavy atom. The van der Waals surface area contributed by atoms with Crippen molar-refractivity contribution >= 4 is 0 Å². The molecule has 3 rings (SSSR count). The molecule has 142 valence electrons. The predicted octanol–water partition coefficient (Wildman–Crippen LogP) is 4.71. The molecule has 1 aliphatic heterocycles. The second kappa shape index (κ2) is 8.20. The molecule has 2 heterocycles. The molecular weight excluding hydrogens is 340 g/mol. The summed E-state index contributed by atoms with van der Waals surface area (Å²) in [5.41, 5.74) is -0.528. The largest absolute Gasteiger partial charge is 0.386 e. The zero-order valence-corrected chi connectivity index (χ0v) is 15.7. The molecule has 1 aromatic heterocycles. The van der Waals surface area contributed by atoms with Crippen molar-refractivity contribution in [2.75, 3.05) is 6.61 Å². The molecule has 2 atom stereocenters. The van der Waals surface area contributed by atoms with E-state index >= 15 is 0 Å². The van der Waals surface area contributed by atoms with Crippen LogP contribution in [0.2, 0.25) is 0 Å². The average Bonchev–Trinajstić information content (AvgIpc) is 3.03. The number of nitrogens with zero attached hydrogens (tertiary/aromatic N) is 1. The van der Waals surface area contributed by atoms with Crippen molar-refractivity contribution in [2.45, 2.75) is 52.6 Å². The van der Waals surface area contributed by atoms with Crippen molar-refractivity contribution in [3.05, 3.63) is 53.2 Å². The van der Waals surface area contributed by atoms with E-state index in [1.54, 1.807) is 0 Å². The molecule has 26 heavy (non-hydrogen) atoms. The van der Waals surface area contributed by atoms with Crippen LogP contribution < -0.4 is 0 Å². The first-order valence-electron chi connectivity index (χ1n) is 8.72. The first kappa shape index (κ1) is 20.4. The summed E-state index contributed by atoms with van der Waals surface area (Å²) in [7, 11) is 0. The van der Waals surface area contributed by atoms with Crippen molar-refractivity contribution in [2.24, 2.45) is 0 Å². The van der Waals surface area contributed by atoms with E-state index in [2.05, 4.69) is 4.98 Å². The number of aliphatic hydroxyl groups is 1. The Labute approximate surface area is 152 Å². The summed E-state index contributed by atoms with van der Waals surface area (Å²) in [6, 6.07) is 6.80. The van der Waals surface area contributed by atoms with Crippen LogP contribution in [-0.2, 0) is 15.1 Å². The summed E-state index contributed by atoms with van der Waals surface area (Å²) in [5, 5.41) is 10.3. The van der Waals surface area contributed by atoms with Crippen molar-refractivity contribution in [1.29, 1.82) is 0 Å². The fourth-order valence-electron chi connectivity index (χ4n) is 2.58. The molecule has 1 fully saturated rings. The fourth-order valence-corrected chi connectivity index (χ4v) is 2.58. The van der Waals surface area contributed by atoms with Gasteiger partial charge in [0.25, 0.3) is 0 Å². The summed E-state index contributed by atoms with van der Waals surface area (Å²) >= 11 is 0. The zero-order chi connectivity index (χ0) is 19.5. The van der Waals surface area contributed by atoms with Crippen LogP contribution in [0.4, 0.5) is 8.78 Å². The highest BCUT2D eigenvalue weighted by Crippen LogP contribution is 2.34. The zero-order valence-electron chi connectivity index (χ0n) is 15.7. The second-order valence-corrected chi connectivity index (χ2v) is 6.44. The predicted molar refractivity (Wildman–Crippen MR) is 95.4 cm³/mol. The van der Waals surface area contributed by atoms with Gasteiger partial charge in [-0.05, 0) is 51.1 Å². The lowest BCUT2D eigenvalue weighted by Gasteiger charge is -2.22. The molecule has 0 spiro atoms. The summed E-state index contributed by atoms with van der Waals surface area (Å²) in [6.45, 7) is 9.25. The first-order valence-corrected chi connectivity index (χ1v) is 8.72. The maximum atomic E-state index is 14.9. The van der Waals surface area contributed by atoms with E-state index < -0.39 is 23.5 Å². The van der Waals surface area contributed by atoms with Crippen LogP contribution in [0.25, 0.3) is 11.3 Å². The quantitative estimate of drug-likeness (QED) is 0.855. The van der Waals surface area contributed by atoms with Gasteiger partial charge in [0.05, 0.1) is 24.0 Å². The Hall–Kier alpha value is -1.89. The van der Waals surface area contributed by atoms with Crippen LogP contribution in [0.15, 0.2) is 30.3 Å². The van der Waals surface area contributed by atoms with Gasteiger partial charge in [-0.3, -0.25) is 0 Å². The maximum absolute atomic E-state index is 14.9. The van der Waals surface area contributed by atoms with Crippen LogP contribution in [0.5, 0.6) is 0 Å². The third-order valence-electron chi connectivity index (χ3n) is 3.83. The Bertz CT molecular complexity index is 742.